The Labute approximate surface area is 175 Å². The minimum Gasteiger partial charge on any atom is -0.495 e. The summed E-state index contributed by atoms with van der Waals surface area (Å²) in [5.74, 6) is 1.23. The van der Waals surface area contributed by atoms with Crippen molar-refractivity contribution < 1.29 is 17.9 Å². The van der Waals surface area contributed by atoms with Gasteiger partial charge in [0.1, 0.15) is 17.3 Å². The Morgan fingerprint density at radius 2 is 1.90 bits per heavy atom. The van der Waals surface area contributed by atoms with Crippen LogP contribution >= 0.6 is 0 Å². The van der Waals surface area contributed by atoms with Crippen molar-refractivity contribution in [1.29, 1.82) is 0 Å². The van der Waals surface area contributed by atoms with E-state index in [1.807, 2.05) is 29.8 Å². The number of imidazole rings is 1. The van der Waals surface area contributed by atoms with Crippen LogP contribution in [-0.2, 0) is 13.2 Å². The first-order chi connectivity index (χ1) is 14.7. The summed E-state index contributed by atoms with van der Waals surface area (Å²) in [5.41, 5.74) is 1.36. The molecule has 0 saturated carbocycles. The van der Waals surface area contributed by atoms with Crippen LogP contribution in [0.1, 0.15) is 11.4 Å². The fourth-order valence-corrected chi connectivity index (χ4v) is 2.98. The number of nitrogens with one attached hydrogen (secondary N) is 1. The number of hydrogen-bond donors (Lipinski definition) is 1. The van der Waals surface area contributed by atoms with E-state index in [1.54, 1.807) is 26.6 Å². The molecule has 8 nitrogen and oxygen atoms in total. The first-order valence-corrected chi connectivity index (χ1v) is 9.16. The number of alkyl halides is 3. The van der Waals surface area contributed by atoms with Crippen molar-refractivity contribution in [2.45, 2.75) is 13.1 Å². The van der Waals surface area contributed by atoms with Gasteiger partial charge < -0.3 is 14.6 Å². The molecular formula is C20H18F3N7O. The fourth-order valence-electron chi connectivity index (χ4n) is 2.98. The Balaban J connectivity index is 1.63. The molecule has 0 aliphatic carbocycles. The van der Waals surface area contributed by atoms with Crippen LogP contribution in [0.4, 0.5) is 24.9 Å². The molecule has 0 unspecified atom stereocenters. The highest BCUT2D eigenvalue weighted by atomic mass is 19.4. The highest BCUT2D eigenvalue weighted by molar-refractivity contribution is 5.64. The summed E-state index contributed by atoms with van der Waals surface area (Å²) < 4.78 is 47.5. The van der Waals surface area contributed by atoms with Crippen LogP contribution in [-0.4, -0.2) is 36.4 Å². The molecule has 0 bridgehead atoms. The SMILES string of the molecule is COc1cc(-c2nc(Nc3cccc(C(F)(F)F)n3)n(C)n2)ccc1-n1cnc(C)c1. The molecule has 31 heavy (non-hydrogen) atoms. The Morgan fingerprint density at radius 1 is 1.10 bits per heavy atom. The van der Waals surface area contributed by atoms with Crippen LogP contribution in [0.25, 0.3) is 17.1 Å². The summed E-state index contributed by atoms with van der Waals surface area (Å²) in [6, 6.07) is 9.07. The van der Waals surface area contributed by atoms with Gasteiger partial charge in [0.05, 0.1) is 24.8 Å². The summed E-state index contributed by atoms with van der Waals surface area (Å²) in [4.78, 5) is 12.2. The third kappa shape index (κ3) is 4.20. The molecule has 4 aromatic rings. The topological polar surface area (TPSA) is 82.7 Å². The van der Waals surface area contributed by atoms with Crippen molar-refractivity contribution in [3.05, 3.63) is 60.3 Å². The molecule has 0 aliphatic heterocycles. The van der Waals surface area contributed by atoms with Crippen LogP contribution in [0.15, 0.2) is 48.9 Å². The van der Waals surface area contributed by atoms with E-state index in [0.717, 1.165) is 17.4 Å². The normalized spacial score (nSPS) is 11.5. The number of aromatic nitrogens is 6. The molecule has 4 rings (SSSR count). The number of aryl methyl sites for hydroxylation is 2. The number of pyridine rings is 1. The second-order valence-corrected chi connectivity index (χ2v) is 6.72. The van der Waals surface area contributed by atoms with E-state index in [1.165, 1.54) is 16.8 Å². The second kappa shape index (κ2) is 7.74. The summed E-state index contributed by atoms with van der Waals surface area (Å²) in [6.07, 6.45) is -0.967. The minimum atomic E-state index is -4.53. The minimum absolute atomic E-state index is 0.0141. The molecule has 0 fully saturated rings. The van der Waals surface area contributed by atoms with E-state index in [9.17, 15) is 13.2 Å². The van der Waals surface area contributed by atoms with Crippen LogP contribution in [0, 0.1) is 6.92 Å². The molecule has 0 aliphatic rings. The van der Waals surface area contributed by atoms with E-state index in [4.69, 9.17) is 4.74 Å². The van der Waals surface area contributed by atoms with Crippen LogP contribution < -0.4 is 10.1 Å². The standard InChI is InChI=1S/C20H18F3N7O/c1-12-10-30(11-24-12)14-8-7-13(9-15(14)31-3)18-27-19(29(2)28-18)26-17-6-4-5-16(25-17)20(21,22)23/h4-11H,1-3H3,(H,25,26,27,28). The van der Waals surface area contributed by atoms with Gasteiger partial charge in [-0.25, -0.2) is 14.6 Å². The maximum atomic E-state index is 12.9. The lowest BCUT2D eigenvalue weighted by atomic mass is 10.1. The number of hydrogen-bond acceptors (Lipinski definition) is 6. The molecule has 1 N–H and O–H groups in total. The largest absolute Gasteiger partial charge is 0.495 e. The van der Waals surface area contributed by atoms with Crippen molar-refractivity contribution in [3.63, 3.8) is 0 Å². The van der Waals surface area contributed by atoms with E-state index >= 15 is 0 Å². The lowest BCUT2D eigenvalue weighted by Crippen LogP contribution is -2.09. The molecule has 160 valence electrons. The van der Waals surface area contributed by atoms with Gasteiger partial charge in [-0.3, -0.25) is 0 Å². The molecular weight excluding hydrogens is 411 g/mol. The summed E-state index contributed by atoms with van der Waals surface area (Å²) in [6.45, 7) is 1.89. The van der Waals surface area contributed by atoms with Gasteiger partial charge in [-0.1, -0.05) is 6.07 Å². The average Bonchev–Trinajstić information content (AvgIpc) is 3.33. The first-order valence-electron chi connectivity index (χ1n) is 9.16. The van der Waals surface area contributed by atoms with Crippen LogP contribution in [0.3, 0.4) is 0 Å². The number of nitrogens with zero attached hydrogens (tertiary/aromatic N) is 6. The van der Waals surface area contributed by atoms with Crippen LogP contribution in [0.5, 0.6) is 5.75 Å². The van der Waals surface area contributed by atoms with Gasteiger partial charge in [-0.15, -0.1) is 5.10 Å². The van der Waals surface area contributed by atoms with Gasteiger partial charge in [-0.2, -0.15) is 18.2 Å². The van der Waals surface area contributed by atoms with E-state index in [0.29, 0.717) is 17.1 Å². The third-order valence-corrected chi connectivity index (χ3v) is 4.47. The molecule has 11 heteroatoms. The second-order valence-electron chi connectivity index (χ2n) is 6.72. The van der Waals surface area contributed by atoms with Crippen molar-refractivity contribution in [3.8, 4) is 22.8 Å². The molecule has 3 heterocycles. The average molecular weight is 429 g/mol. The van der Waals surface area contributed by atoms with Gasteiger partial charge in [-0.05, 0) is 37.3 Å². The number of anilines is 2. The monoisotopic (exact) mass is 429 g/mol. The Bertz CT molecular complexity index is 1230. The zero-order chi connectivity index (χ0) is 22.2. The lowest BCUT2D eigenvalue weighted by Gasteiger charge is -2.10. The number of methoxy groups -OCH3 is 1. The molecule has 0 saturated heterocycles. The van der Waals surface area contributed by atoms with Crippen molar-refractivity contribution in [2.24, 2.45) is 7.05 Å². The van der Waals surface area contributed by atoms with E-state index < -0.39 is 11.9 Å². The van der Waals surface area contributed by atoms with Gasteiger partial charge in [0.25, 0.3) is 0 Å². The molecule has 0 radical (unpaired) electrons. The third-order valence-electron chi connectivity index (χ3n) is 4.47. The number of ether oxygens (including phenoxy) is 1. The number of halogens is 3. The zero-order valence-corrected chi connectivity index (χ0v) is 16.8. The predicted molar refractivity (Wildman–Crippen MR) is 107 cm³/mol. The van der Waals surface area contributed by atoms with Gasteiger partial charge in [0.15, 0.2) is 5.82 Å². The first kappa shape index (κ1) is 20.4. The van der Waals surface area contributed by atoms with Gasteiger partial charge >= 0.3 is 6.18 Å². The van der Waals surface area contributed by atoms with Gasteiger partial charge in [0.2, 0.25) is 5.95 Å². The smallest absolute Gasteiger partial charge is 0.433 e. The molecule has 0 amide bonds. The van der Waals surface area contributed by atoms with Crippen molar-refractivity contribution >= 4 is 11.8 Å². The quantitative estimate of drug-likeness (QED) is 0.513. The highest BCUT2D eigenvalue weighted by Crippen LogP contribution is 2.30. The Morgan fingerprint density at radius 3 is 2.58 bits per heavy atom. The van der Waals surface area contributed by atoms with Crippen molar-refractivity contribution in [2.75, 3.05) is 12.4 Å². The number of rotatable bonds is 5. The Hall–Kier alpha value is -3.89. The fraction of sp³-hybridized carbons (Fsp3) is 0.200. The molecule has 0 spiro atoms. The number of benzene rings is 1. The summed E-state index contributed by atoms with van der Waals surface area (Å²) in [7, 11) is 3.19. The molecule has 0 atom stereocenters. The molecule has 3 aromatic heterocycles. The van der Waals surface area contributed by atoms with Gasteiger partial charge in [0, 0.05) is 18.8 Å². The molecule has 1 aromatic carbocycles. The lowest BCUT2D eigenvalue weighted by molar-refractivity contribution is -0.141. The highest BCUT2D eigenvalue weighted by Gasteiger charge is 2.32. The summed E-state index contributed by atoms with van der Waals surface area (Å²) >= 11 is 0. The predicted octanol–water partition coefficient (Wildman–Crippen LogP) is 4.14. The maximum Gasteiger partial charge on any atom is 0.433 e. The van der Waals surface area contributed by atoms with E-state index in [2.05, 4.69) is 25.4 Å². The Kier molecular flexibility index (Phi) is 5.09. The zero-order valence-electron chi connectivity index (χ0n) is 16.8. The van der Waals surface area contributed by atoms with Crippen LogP contribution in [0.2, 0.25) is 0 Å². The maximum absolute atomic E-state index is 12.9. The summed E-state index contributed by atoms with van der Waals surface area (Å²) in [5, 5.41) is 7.13. The van der Waals surface area contributed by atoms with E-state index in [-0.39, 0.29) is 11.8 Å². The van der Waals surface area contributed by atoms with Crippen molar-refractivity contribution in [1.82, 2.24) is 29.3 Å².